The van der Waals surface area contributed by atoms with Gasteiger partial charge in [0.2, 0.25) is 12.4 Å². The largest absolute Gasteiger partial charge is 0.618 e. The van der Waals surface area contributed by atoms with E-state index < -0.39 is 0 Å². The lowest BCUT2D eigenvalue weighted by atomic mass is 10.7. The van der Waals surface area contributed by atoms with Gasteiger partial charge in [0.05, 0.1) is 7.11 Å². The van der Waals surface area contributed by atoms with Crippen LogP contribution in [0.25, 0.3) is 0 Å². The zero-order valence-corrected chi connectivity index (χ0v) is 6.00. The molecule has 4 nitrogen and oxygen atoms in total. The minimum absolute atomic E-state index is 0.120. The van der Waals surface area contributed by atoms with Crippen LogP contribution in [0.2, 0.25) is 5.15 Å². The lowest BCUT2D eigenvalue weighted by Gasteiger charge is -1.98. The third kappa shape index (κ3) is 1.48. The van der Waals surface area contributed by atoms with Crippen LogP contribution in [0.3, 0.4) is 0 Å². The summed E-state index contributed by atoms with van der Waals surface area (Å²) in [4.78, 5) is 3.67. The minimum atomic E-state index is 0.120. The van der Waals surface area contributed by atoms with Crippen LogP contribution in [0.5, 0.6) is 5.88 Å². The summed E-state index contributed by atoms with van der Waals surface area (Å²) in [5.41, 5.74) is 0. The van der Waals surface area contributed by atoms with Crippen molar-refractivity contribution in [2.75, 3.05) is 7.11 Å². The Morgan fingerprint density at radius 1 is 1.70 bits per heavy atom. The molecule has 0 aliphatic carbocycles. The number of hydrogen-bond donors (Lipinski definition) is 0. The molecule has 0 saturated heterocycles. The Hall–Kier alpha value is -1.03. The number of ether oxygens (including phenoxy) is 1. The van der Waals surface area contributed by atoms with E-state index in [-0.39, 0.29) is 11.0 Å². The van der Waals surface area contributed by atoms with Crippen molar-refractivity contribution < 1.29 is 9.47 Å². The molecule has 0 bridgehead atoms. The lowest BCUT2D eigenvalue weighted by Crippen LogP contribution is -2.25. The van der Waals surface area contributed by atoms with E-state index in [1.165, 1.54) is 13.3 Å². The molecule has 0 fully saturated rings. The number of aromatic nitrogens is 2. The average molecular weight is 161 g/mol. The van der Waals surface area contributed by atoms with Gasteiger partial charge in [0.25, 0.3) is 5.88 Å². The van der Waals surface area contributed by atoms with Crippen molar-refractivity contribution in [1.82, 2.24) is 4.98 Å². The highest BCUT2D eigenvalue weighted by atomic mass is 35.5. The molecular weight excluding hydrogens is 156 g/mol. The van der Waals surface area contributed by atoms with Gasteiger partial charge in [-0.15, -0.1) is 0 Å². The van der Waals surface area contributed by atoms with E-state index in [2.05, 4.69) is 9.72 Å². The maximum atomic E-state index is 10.6. The minimum Gasteiger partial charge on any atom is -0.618 e. The highest BCUT2D eigenvalue weighted by Crippen LogP contribution is 2.06. The van der Waals surface area contributed by atoms with Crippen LogP contribution in [-0.2, 0) is 0 Å². The standard InChI is InChI=1S/C5H5ClN2O2/c1-10-5-3-8(9)2-4(6)7-5/h2-3H,1H3. The van der Waals surface area contributed by atoms with Crippen LogP contribution in [0.4, 0.5) is 0 Å². The van der Waals surface area contributed by atoms with Crippen molar-refractivity contribution in [2.45, 2.75) is 0 Å². The summed E-state index contributed by atoms with van der Waals surface area (Å²) in [5.74, 6) is 0.211. The maximum absolute atomic E-state index is 10.6. The van der Waals surface area contributed by atoms with E-state index in [1.54, 1.807) is 0 Å². The summed E-state index contributed by atoms with van der Waals surface area (Å²) in [5, 5.41) is 10.7. The Kier molecular flexibility index (Phi) is 1.91. The van der Waals surface area contributed by atoms with Crippen molar-refractivity contribution in [1.29, 1.82) is 0 Å². The van der Waals surface area contributed by atoms with E-state index in [1.807, 2.05) is 0 Å². The number of nitrogens with zero attached hydrogens (tertiary/aromatic N) is 2. The summed E-state index contributed by atoms with van der Waals surface area (Å²) >= 11 is 5.42. The number of hydrogen-bond acceptors (Lipinski definition) is 3. The second-order valence-corrected chi connectivity index (χ2v) is 1.98. The van der Waals surface area contributed by atoms with Crippen molar-refractivity contribution in [2.24, 2.45) is 0 Å². The SMILES string of the molecule is COc1c[n+]([O-])cc(Cl)n1. The van der Waals surface area contributed by atoms with Gasteiger partial charge >= 0.3 is 0 Å². The number of rotatable bonds is 1. The van der Waals surface area contributed by atoms with Crippen LogP contribution in [-0.4, -0.2) is 12.1 Å². The van der Waals surface area contributed by atoms with Gasteiger partial charge in [-0.1, -0.05) is 11.6 Å². The molecule has 0 aliphatic heterocycles. The molecule has 1 aromatic rings. The van der Waals surface area contributed by atoms with Crippen LogP contribution in [0.1, 0.15) is 0 Å². The topological polar surface area (TPSA) is 49.1 Å². The highest BCUT2D eigenvalue weighted by molar-refractivity contribution is 6.29. The number of methoxy groups -OCH3 is 1. The first kappa shape index (κ1) is 7.08. The highest BCUT2D eigenvalue weighted by Gasteiger charge is 2.01. The van der Waals surface area contributed by atoms with Crippen molar-refractivity contribution in [3.63, 3.8) is 0 Å². The smallest absolute Gasteiger partial charge is 0.282 e. The summed E-state index contributed by atoms with van der Waals surface area (Å²) in [6.45, 7) is 0. The second kappa shape index (κ2) is 2.70. The first-order chi connectivity index (χ1) is 4.72. The quantitative estimate of drug-likeness (QED) is 0.441. The molecule has 0 unspecified atom stereocenters. The summed E-state index contributed by atoms with van der Waals surface area (Å²) < 4.78 is 5.20. The molecule has 1 rings (SSSR count). The van der Waals surface area contributed by atoms with Gasteiger partial charge in [-0.3, -0.25) is 0 Å². The molecule has 54 valence electrons. The molecule has 0 aromatic carbocycles. The molecule has 1 heterocycles. The average Bonchev–Trinajstić information content (AvgIpc) is 1.85. The van der Waals surface area contributed by atoms with Crippen LogP contribution in [0, 0.1) is 5.21 Å². The zero-order valence-electron chi connectivity index (χ0n) is 5.24. The summed E-state index contributed by atoms with van der Waals surface area (Å²) in [6, 6.07) is 0. The second-order valence-electron chi connectivity index (χ2n) is 1.59. The fourth-order valence-corrected chi connectivity index (χ4v) is 0.692. The molecule has 5 heteroatoms. The van der Waals surface area contributed by atoms with E-state index in [9.17, 15) is 5.21 Å². The van der Waals surface area contributed by atoms with Gasteiger partial charge in [-0.25, -0.2) is 0 Å². The van der Waals surface area contributed by atoms with Crippen molar-refractivity contribution in [3.05, 3.63) is 22.8 Å². The third-order valence-electron chi connectivity index (χ3n) is 0.898. The first-order valence-corrected chi connectivity index (χ1v) is 2.90. The molecular formula is C5H5ClN2O2. The van der Waals surface area contributed by atoms with Crippen LogP contribution >= 0.6 is 11.6 Å². The maximum Gasteiger partial charge on any atom is 0.282 e. The number of halogens is 1. The predicted octanol–water partition coefficient (Wildman–Crippen LogP) is 0.377. The Morgan fingerprint density at radius 2 is 2.40 bits per heavy atom. The Bertz CT molecular complexity index is 221. The molecule has 10 heavy (non-hydrogen) atoms. The van der Waals surface area contributed by atoms with Gasteiger partial charge < -0.3 is 9.94 Å². The lowest BCUT2D eigenvalue weighted by molar-refractivity contribution is -0.606. The van der Waals surface area contributed by atoms with E-state index in [4.69, 9.17) is 11.6 Å². The molecule has 0 atom stereocenters. The molecule has 0 N–H and O–H groups in total. The molecule has 0 spiro atoms. The van der Waals surface area contributed by atoms with Crippen LogP contribution < -0.4 is 9.47 Å². The molecule has 0 amide bonds. The first-order valence-electron chi connectivity index (χ1n) is 2.52. The fraction of sp³-hybridized carbons (Fsp3) is 0.200. The van der Waals surface area contributed by atoms with Gasteiger partial charge in [-0.05, 0) is 0 Å². The van der Waals surface area contributed by atoms with Gasteiger partial charge in [-0.2, -0.15) is 9.71 Å². The third-order valence-corrected chi connectivity index (χ3v) is 1.08. The van der Waals surface area contributed by atoms with E-state index in [0.717, 1.165) is 6.20 Å². The monoisotopic (exact) mass is 160 g/mol. The van der Waals surface area contributed by atoms with Gasteiger partial charge in [0.15, 0.2) is 5.15 Å². The summed E-state index contributed by atoms with van der Waals surface area (Å²) in [6.07, 6.45) is 2.33. The molecule has 0 aliphatic rings. The predicted molar refractivity (Wildman–Crippen MR) is 34.8 cm³/mol. The van der Waals surface area contributed by atoms with Gasteiger partial charge in [0.1, 0.15) is 0 Å². The molecule has 0 saturated carbocycles. The normalized spacial score (nSPS) is 9.40. The molecule has 1 aromatic heterocycles. The van der Waals surface area contributed by atoms with E-state index in [0.29, 0.717) is 4.73 Å². The Labute approximate surface area is 62.6 Å². The van der Waals surface area contributed by atoms with Gasteiger partial charge in [0, 0.05) is 0 Å². The van der Waals surface area contributed by atoms with E-state index >= 15 is 0 Å². The Morgan fingerprint density at radius 3 is 2.90 bits per heavy atom. The fourth-order valence-electron chi connectivity index (χ4n) is 0.512. The zero-order chi connectivity index (χ0) is 7.56. The van der Waals surface area contributed by atoms with Crippen molar-refractivity contribution in [3.8, 4) is 5.88 Å². The Balaban J connectivity index is 3.06. The molecule has 0 radical (unpaired) electrons. The van der Waals surface area contributed by atoms with Crippen molar-refractivity contribution >= 4 is 11.6 Å². The van der Waals surface area contributed by atoms with Crippen LogP contribution in [0.15, 0.2) is 12.4 Å². The summed E-state index contributed by atoms with van der Waals surface area (Å²) in [7, 11) is 1.42.